The summed E-state index contributed by atoms with van der Waals surface area (Å²) in [6, 6.07) is 10.7. The van der Waals surface area contributed by atoms with Crippen LogP contribution in [-0.2, 0) is 10.0 Å². The van der Waals surface area contributed by atoms with Gasteiger partial charge < -0.3 is 0 Å². The maximum absolute atomic E-state index is 13.4. The van der Waals surface area contributed by atoms with Crippen LogP contribution in [0.5, 0.6) is 0 Å². The summed E-state index contributed by atoms with van der Waals surface area (Å²) in [5.41, 5.74) is 2.26. The van der Waals surface area contributed by atoms with Gasteiger partial charge >= 0.3 is 0 Å². The molecule has 0 saturated heterocycles. The Labute approximate surface area is 153 Å². The van der Waals surface area contributed by atoms with Crippen molar-refractivity contribution >= 4 is 32.0 Å². The molecule has 26 heavy (non-hydrogen) atoms. The molecule has 4 rings (SSSR count). The zero-order valence-corrected chi connectivity index (χ0v) is 15.3. The number of aryl methyl sites for hydroxylation is 1. The summed E-state index contributed by atoms with van der Waals surface area (Å²) in [4.78, 5) is 5.41. The van der Waals surface area contributed by atoms with E-state index in [2.05, 4.69) is 9.71 Å². The van der Waals surface area contributed by atoms with Gasteiger partial charge in [-0.15, -0.1) is 11.3 Å². The second-order valence-corrected chi connectivity index (χ2v) is 8.37. The van der Waals surface area contributed by atoms with E-state index in [4.69, 9.17) is 0 Å². The van der Waals surface area contributed by atoms with Crippen LogP contribution < -0.4 is 4.72 Å². The molecule has 0 radical (unpaired) electrons. The Morgan fingerprint density at radius 3 is 2.81 bits per heavy atom. The van der Waals surface area contributed by atoms with Gasteiger partial charge in [-0.05, 0) is 42.8 Å². The number of thiazole rings is 1. The number of aromatic nitrogens is 2. The van der Waals surface area contributed by atoms with Gasteiger partial charge in [-0.1, -0.05) is 12.1 Å². The van der Waals surface area contributed by atoms with E-state index < -0.39 is 15.8 Å². The molecule has 5 nitrogen and oxygen atoms in total. The van der Waals surface area contributed by atoms with Crippen molar-refractivity contribution in [1.29, 1.82) is 0 Å². The number of anilines is 1. The number of nitrogens with zero attached hydrogens (tertiary/aromatic N) is 2. The Balaban J connectivity index is 1.66. The third-order valence-electron chi connectivity index (χ3n) is 3.94. The van der Waals surface area contributed by atoms with E-state index in [1.807, 2.05) is 28.2 Å². The number of nitrogens with one attached hydrogen (secondary N) is 1. The highest BCUT2D eigenvalue weighted by molar-refractivity contribution is 7.92. The third kappa shape index (κ3) is 3.09. The van der Waals surface area contributed by atoms with Gasteiger partial charge in [-0.25, -0.2) is 17.8 Å². The third-order valence-corrected chi connectivity index (χ3v) is 6.09. The average molecular weight is 387 g/mol. The van der Waals surface area contributed by atoms with Crippen molar-refractivity contribution in [3.8, 4) is 11.3 Å². The van der Waals surface area contributed by atoms with E-state index >= 15 is 0 Å². The Bertz CT molecular complexity index is 1180. The molecular formula is C18H14FN3O2S2. The van der Waals surface area contributed by atoms with E-state index in [9.17, 15) is 12.8 Å². The van der Waals surface area contributed by atoms with Crippen LogP contribution in [0.2, 0.25) is 0 Å². The van der Waals surface area contributed by atoms with Crippen LogP contribution >= 0.6 is 11.3 Å². The van der Waals surface area contributed by atoms with Crippen LogP contribution in [0.3, 0.4) is 0 Å². The molecule has 1 N–H and O–H groups in total. The molecule has 0 unspecified atom stereocenters. The Morgan fingerprint density at radius 1 is 1.19 bits per heavy atom. The molecule has 0 aliphatic rings. The summed E-state index contributed by atoms with van der Waals surface area (Å²) in [6.07, 6.45) is 3.81. The van der Waals surface area contributed by atoms with Crippen molar-refractivity contribution in [3.63, 3.8) is 0 Å². The molecule has 8 heteroatoms. The zero-order chi connectivity index (χ0) is 18.3. The van der Waals surface area contributed by atoms with E-state index in [1.165, 1.54) is 30.4 Å². The molecule has 2 aromatic carbocycles. The van der Waals surface area contributed by atoms with Crippen molar-refractivity contribution in [2.75, 3.05) is 4.72 Å². The largest absolute Gasteiger partial charge is 0.297 e. The van der Waals surface area contributed by atoms with E-state index in [1.54, 1.807) is 18.2 Å². The summed E-state index contributed by atoms with van der Waals surface area (Å²) in [6.45, 7) is 1.53. The maximum Gasteiger partial charge on any atom is 0.261 e. The molecule has 2 aromatic heterocycles. The van der Waals surface area contributed by atoms with Crippen LogP contribution in [0.15, 0.2) is 65.1 Å². The highest BCUT2D eigenvalue weighted by atomic mass is 32.2. The number of sulfonamides is 1. The minimum Gasteiger partial charge on any atom is -0.297 e. The lowest BCUT2D eigenvalue weighted by molar-refractivity contribution is 0.598. The highest BCUT2D eigenvalue weighted by Gasteiger charge is 2.16. The predicted octanol–water partition coefficient (Wildman–Crippen LogP) is 4.31. The van der Waals surface area contributed by atoms with E-state index in [0.29, 0.717) is 5.69 Å². The standard InChI is InChI=1S/C18H14FN3O2S2/c1-12-9-15(5-6-16(12)19)26(23,24)21-14-4-2-3-13(10-14)17-11-22-7-8-25-18(22)20-17/h2-11,21H,1H3. The van der Waals surface area contributed by atoms with Crippen LogP contribution in [0, 0.1) is 12.7 Å². The molecule has 4 aromatic rings. The van der Waals surface area contributed by atoms with Crippen molar-refractivity contribution in [3.05, 3.63) is 71.6 Å². The second kappa shape index (κ2) is 6.22. The first kappa shape index (κ1) is 16.7. The number of hydrogen-bond acceptors (Lipinski definition) is 4. The lowest BCUT2D eigenvalue weighted by atomic mass is 10.1. The Kier molecular flexibility index (Phi) is 4.01. The number of halogens is 1. The molecule has 0 bridgehead atoms. The van der Waals surface area contributed by atoms with Crippen LogP contribution in [0.4, 0.5) is 10.1 Å². The topological polar surface area (TPSA) is 63.5 Å². The fourth-order valence-corrected chi connectivity index (χ4v) is 4.44. The molecule has 0 aliphatic heterocycles. The summed E-state index contributed by atoms with van der Waals surface area (Å²) in [5.74, 6) is -0.439. The van der Waals surface area contributed by atoms with Gasteiger partial charge in [-0.2, -0.15) is 0 Å². The van der Waals surface area contributed by atoms with E-state index in [-0.39, 0.29) is 10.5 Å². The maximum atomic E-state index is 13.4. The molecule has 2 heterocycles. The van der Waals surface area contributed by atoms with Gasteiger partial charge in [0.15, 0.2) is 4.96 Å². The normalized spacial score (nSPS) is 11.8. The zero-order valence-electron chi connectivity index (χ0n) is 13.7. The second-order valence-electron chi connectivity index (χ2n) is 5.82. The molecular weight excluding hydrogens is 373 g/mol. The lowest BCUT2D eigenvalue weighted by Crippen LogP contribution is -2.13. The number of hydrogen-bond donors (Lipinski definition) is 1. The minimum absolute atomic E-state index is 0.0179. The van der Waals surface area contributed by atoms with Crippen LogP contribution in [0.25, 0.3) is 16.2 Å². The first-order chi connectivity index (χ1) is 12.4. The van der Waals surface area contributed by atoms with Crippen molar-refractivity contribution < 1.29 is 12.8 Å². The van der Waals surface area contributed by atoms with Crippen LogP contribution in [0.1, 0.15) is 5.56 Å². The fourth-order valence-electron chi connectivity index (χ4n) is 2.61. The van der Waals surface area contributed by atoms with E-state index in [0.717, 1.165) is 22.3 Å². The minimum atomic E-state index is -3.81. The summed E-state index contributed by atoms with van der Waals surface area (Å²) in [5, 5.41) is 1.95. The Morgan fingerprint density at radius 2 is 2.04 bits per heavy atom. The average Bonchev–Trinajstić information content (AvgIpc) is 3.19. The summed E-state index contributed by atoms with van der Waals surface area (Å²) >= 11 is 1.53. The van der Waals surface area contributed by atoms with Gasteiger partial charge in [0.05, 0.1) is 10.6 Å². The van der Waals surface area contributed by atoms with Gasteiger partial charge in [0, 0.05) is 29.0 Å². The molecule has 0 atom stereocenters. The highest BCUT2D eigenvalue weighted by Crippen LogP contribution is 2.25. The number of imidazole rings is 1. The summed E-state index contributed by atoms with van der Waals surface area (Å²) in [7, 11) is -3.81. The van der Waals surface area contributed by atoms with Gasteiger partial charge in [0.2, 0.25) is 0 Å². The number of fused-ring (bicyclic) bond motifs is 1. The van der Waals surface area contributed by atoms with Crippen LogP contribution in [-0.4, -0.2) is 17.8 Å². The van der Waals surface area contributed by atoms with Crippen molar-refractivity contribution in [2.24, 2.45) is 0 Å². The van der Waals surface area contributed by atoms with Crippen molar-refractivity contribution in [2.45, 2.75) is 11.8 Å². The molecule has 0 aliphatic carbocycles. The van der Waals surface area contributed by atoms with Gasteiger partial charge in [0.1, 0.15) is 5.82 Å². The molecule has 0 fully saturated rings. The quantitative estimate of drug-likeness (QED) is 0.567. The SMILES string of the molecule is Cc1cc(S(=O)(=O)Nc2cccc(-c3cn4ccsc4n3)c2)ccc1F. The summed E-state index contributed by atoms with van der Waals surface area (Å²) < 4.78 is 43.0. The first-order valence-corrected chi connectivity index (χ1v) is 10.1. The number of rotatable bonds is 4. The number of benzene rings is 2. The molecule has 0 spiro atoms. The fraction of sp³-hybridized carbons (Fsp3) is 0.0556. The molecule has 132 valence electrons. The lowest BCUT2D eigenvalue weighted by Gasteiger charge is -2.10. The predicted molar refractivity (Wildman–Crippen MR) is 100 cm³/mol. The van der Waals surface area contributed by atoms with Crippen molar-refractivity contribution in [1.82, 2.24) is 9.38 Å². The first-order valence-electron chi connectivity index (χ1n) is 7.74. The molecule has 0 amide bonds. The smallest absolute Gasteiger partial charge is 0.261 e. The Hall–Kier alpha value is -2.71. The molecule has 0 saturated carbocycles. The monoisotopic (exact) mass is 387 g/mol. The van der Waals surface area contributed by atoms with Gasteiger partial charge in [0.25, 0.3) is 10.0 Å². The van der Waals surface area contributed by atoms with Gasteiger partial charge in [-0.3, -0.25) is 9.12 Å².